The highest BCUT2D eigenvalue weighted by atomic mass is 35.5. The second-order valence-electron chi connectivity index (χ2n) is 4.83. The van der Waals surface area contributed by atoms with Gasteiger partial charge in [0.15, 0.2) is 0 Å². The summed E-state index contributed by atoms with van der Waals surface area (Å²) in [5.41, 5.74) is 0.242. The van der Waals surface area contributed by atoms with Gasteiger partial charge in [0.05, 0.1) is 5.41 Å². The fourth-order valence-electron chi connectivity index (χ4n) is 1.80. The summed E-state index contributed by atoms with van der Waals surface area (Å²) in [5.74, 6) is -0.454. The molecule has 2 rings (SSSR count). The minimum Gasteiger partial charge on any atom is -0.355 e. The largest absolute Gasteiger partial charge is 0.355 e. The van der Waals surface area contributed by atoms with Gasteiger partial charge < -0.3 is 10.6 Å². The molecule has 1 fully saturated rings. The van der Waals surface area contributed by atoms with Gasteiger partial charge in [0.1, 0.15) is 4.33 Å². The number of alkyl halides is 2. The molecule has 0 spiro atoms. The Bertz CT molecular complexity index is 545. The maximum Gasteiger partial charge on any atom is 0.251 e. The van der Waals surface area contributed by atoms with Crippen LogP contribution in [0, 0.1) is 5.41 Å². The molecule has 2 amide bonds. The van der Waals surface area contributed by atoms with Crippen molar-refractivity contribution in [1.82, 2.24) is 5.32 Å². The quantitative estimate of drug-likeness (QED) is 0.843. The first-order valence-corrected chi connectivity index (χ1v) is 6.57. The normalized spacial score (nSPS) is 23.6. The van der Waals surface area contributed by atoms with E-state index in [0.717, 1.165) is 0 Å². The number of carbonyl (C=O) groups excluding carboxylic acids is 2. The van der Waals surface area contributed by atoms with Crippen LogP contribution in [0.5, 0.6) is 0 Å². The van der Waals surface area contributed by atoms with Gasteiger partial charge in [-0.2, -0.15) is 0 Å². The number of halogens is 2. The van der Waals surface area contributed by atoms with Crippen LogP contribution in [0.2, 0.25) is 0 Å². The fourth-order valence-corrected chi connectivity index (χ4v) is 2.50. The van der Waals surface area contributed by atoms with Gasteiger partial charge in [-0.3, -0.25) is 9.59 Å². The van der Waals surface area contributed by atoms with Crippen LogP contribution >= 0.6 is 23.2 Å². The lowest BCUT2D eigenvalue weighted by Crippen LogP contribution is -2.26. The summed E-state index contributed by atoms with van der Waals surface area (Å²) in [6.45, 7) is 1.71. The summed E-state index contributed by atoms with van der Waals surface area (Å²) in [6.07, 6.45) is 0.421. The zero-order valence-corrected chi connectivity index (χ0v) is 12.1. The highest BCUT2D eigenvalue weighted by molar-refractivity contribution is 6.53. The van der Waals surface area contributed by atoms with Gasteiger partial charge >= 0.3 is 0 Å². The molecule has 0 aliphatic heterocycles. The van der Waals surface area contributed by atoms with Crippen LogP contribution in [0.3, 0.4) is 0 Å². The molecule has 1 atom stereocenters. The number of benzene rings is 1. The number of carbonyl (C=O) groups is 2. The predicted octanol–water partition coefficient (Wildman–Crippen LogP) is 2.57. The third-order valence-corrected chi connectivity index (χ3v) is 4.47. The smallest absolute Gasteiger partial charge is 0.251 e. The lowest BCUT2D eigenvalue weighted by molar-refractivity contribution is -0.120. The van der Waals surface area contributed by atoms with Crippen molar-refractivity contribution >= 4 is 40.7 Å². The van der Waals surface area contributed by atoms with E-state index in [4.69, 9.17) is 23.2 Å². The van der Waals surface area contributed by atoms with E-state index in [2.05, 4.69) is 10.6 Å². The number of hydrogen-bond acceptors (Lipinski definition) is 2. The molecule has 0 saturated heterocycles. The van der Waals surface area contributed by atoms with Gasteiger partial charge in [0, 0.05) is 18.3 Å². The molecule has 4 nitrogen and oxygen atoms in total. The van der Waals surface area contributed by atoms with E-state index in [1.807, 2.05) is 0 Å². The van der Waals surface area contributed by atoms with Gasteiger partial charge in [-0.25, -0.2) is 0 Å². The summed E-state index contributed by atoms with van der Waals surface area (Å²) < 4.78 is -1.00. The highest BCUT2D eigenvalue weighted by Gasteiger charge is 2.67. The van der Waals surface area contributed by atoms with Crippen LogP contribution in [0.1, 0.15) is 23.7 Å². The van der Waals surface area contributed by atoms with E-state index in [-0.39, 0.29) is 11.8 Å². The topological polar surface area (TPSA) is 58.2 Å². The molecule has 0 bridgehead atoms. The summed E-state index contributed by atoms with van der Waals surface area (Å²) >= 11 is 11.9. The van der Waals surface area contributed by atoms with Crippen molar-refractivity contribution in [2.45, 2.75) is 17.7 Å². The van der Waals surface area contributed by atoms with Crippen molar-refractivity contribution in [2.75, 3.05) is 12.4 Å². The number of rotatable bonds is 3. The van der Waals surface area contributed by atoms with Crippen molar-refractivity contribution in [1.29, 1.82) is 0 Å². The summed E-state index contributed by atoms with van der Waals surface area (Å²) in [5, 5.41) is 5.26. The predicted molar refractivity (Wildman–Crippen MR) is 75.6 cm³/mol. The van der Waals surface area contributed by atoms with Crippen molar-refractivity contribution in [3.05, 3.63) is 29.8 Å². The maximum absolute atomic E-state index is 12.1. The number of anilines is 1. The second-order valence-corrected chi connectivity index (χ2v) is 6.31. The van der Waals surface area contributed by atoms with Crippen molar-refractivity contribution in [3.8, 4) is 0 Å². The minimum atomic E-state index is -1.00. The summed E-state index contributed by atoms with van der Waals surface area (Å²) in [6, 6.07) is 6.68. The van der Waals surface area contributed by atoms with E-state index in [1.54, 1.807) is 38.2 Å². The molecule has 19 heavy (non-hydrogen) atoms. The molecular weight excluding hydrogens is 287 g/mol. The summed E-state index contributed by atoms with van der Waals surface area (Å²) in [4.78, 5) is 23.6. The van der Waals surface area contributed by atoms with Crippen molar-refractivity contribution in [3.63, 3.8) is 0 Å². The van der Waals surface area contributed by atoms with Crippen LogP contribution in [0.4, 0.5) is 5.69 Å². The Balaban J connectivity index is 2.12. The van der Waals surface area contributed by atoms with E-state index in [1.165, 1.54) is 0 Å². The molecule has 1 unspecified atom stereocenters. The van der Waals surface area contributed by atoms with Gasteiger partial charge in [-0.15, -0.1) is 23.2 Å². The first kappa shape index (κ1) is 14.2. The molecule has 0 radical (unpaired) electrons. The zero-order chi connectivity index (χ0) is 14.3. The Kier molecular flexibility index (Phi) is 3.49. The standard InChI is InChI=1S/C13H14Cl2N2O2/c1-12(7-13(12,14)15)11(19)17-9-5-3-4-8(6-9)10(18)16-2/h3-6H,7H2,1-2H3,(H,16,18)(H,17,19). The Labute approximate surface area is 121 Å². The minimum absolute atomic E-state index is 0.210. The van der Waals surface area contributed by atoms with E-state index in [9.17, 15) is 9.59 Å². The number of nitrogens with one attached hydrogen (secondary N) is 2. The van der Waals surface area contributed by atoms with Crippen LogP contribution in [-0.4, -0.2) is 23.2 Å². The molecule has 1 saturated carbocycles. The average Bonchev–Trinajstić information content (AvgIpc) is 2.89. The molecule has 1 aromatic rings. The van der Waals surface area contributed by atoms with Crippen LogP contribution < -0.4 is 10.6 Å². The SMILES string of the molecule is CNC(=O)c1cccc(NC(=O)C2(C)CC2(Cl)Cl)c1. The molecule has 0 aromatic heterocycles. The van der Waals surface area contributed by atoms with Crippen LogP contribution in [0.15, 0.2) is 24.3 Å². The molecule has 102 valence electrons. The molecule has 0 heterocycles. The molecule has 1 aliphatic rings. The number of hydrogen-bond donors (Lipinski definition) is 2. The van der Waals surface area contributed by atoms with Gasteiger partial charge in [0.2, 0.25) is 5.91 Å². The zero-order valence-electron chi connectivity index (χ0n) is 10.6. The van der Waals surface area contributed by atoms with E-state index >= 15 is 0 Å². The first-order valence-electron chi connectivity index (χ1n) is 5.81. The number of amides is 2. The molecular formula is C13H14Cl2N2O2. The first-order chi connectivity index (χ1) is 8.80. The van der Waals surface area contributed by atoms with Gasteiger partial charge in [-0.05, 0) is 31.5 Å². The van der Waals surface area contributed by atoms with Gasteiger partial charge in [-0.1, -0.05) is 6.07 Å². The van der Waals surface area contributed by atoms with Crippen LogP contribution in [-0.2, 0) is 4.79 Å². The summed E-state index contributed by atoms with van der Waals surface area (Å²) in [7, 11) is 1.55. The average molecular weight is 301 g/mol. The molecule has 1 aromatic carbocycles. The molecule has 1 aliphatic carbocycles. The fraction of sp³-hybridized carbons (Fsp3) is 0.385. The third-order valence-electron chi connectivity index (χ3n) is 3.37. The Morgan fingerprint density at radius 1 is 1.32 bits per heavy atom. The van der Waals surface area contributed by atoms with Crippen molar-refractivity contribution in [2.24, 2.45) is 5.41 Å². The Morgan fingerprint density at radius 3 is 2.47 bits per heavy atom. The Morgan fingerprint density at radius 2 is 1.95 bits per heavy atom. The highest BCUT2D eigenvalue weighted by Crippen LogP contribution is 2.64. The maximum atomic E-state index is 12.1. The lowest BCUT2D eigenvalue weighted by Gasteiger charge is -2.13. The Hall–Kier alpha value is -1.26. The molecule has 6 heteroatoms. The van der Waals surface area contributed by atoms with Crippen LogP contribution in [0.25, 0.3) is 0 Å². The van der Waals surface area contributed by atoms with Gasteiger partial charge in [0.25, 0.3) is 5.91 Å². The monoisotopic (exact) mass is 300 g/mol. The van der Waals surface area contributed by atoms with E-state index in [0.29, 0.717) is 17.7 Å². The second kappa shape index (κ2) is 4.69. The molecule has 2 N–H and O–H groups in total. The third kappa shape index (κ3) is 2.55. The van der Waals surface area contributed by atoms with Crippen molar-refractivity contribution < 1.29 is 9.59 Å². The van der Waals surface area contributed by atoms with E-state index < -0.39 is 9.75 Å². The lowest BCUT2D eigenvalue weighted by atomic mass is 10.1.